The normalized spacial score (nSPS) is 14.4. The number of hydrogen-bond donors (Lipinski definition) is 1. The number of benzene rings is 2. The third-order valence-electron chi connectivity index (χ3n) is 5.23. The number of nitrogens with zero attached hydrogens (tertiary/aromatic N) is 1. The van der Waals surface area contributed by atoms with Gasteiger partial charge in [-0.2, -0.15) is 0 Å². The van der Waals surface area contributed by atoms with Gasteiger partial charge in [-0.25, -0.2) is 0 Å². The van der Waals surface area contributed by atoms with Gasteiger partial charge in [0.1, 0.15) is 11.8 Å². The smallest absolute Gasteiger partial charge is 0.248 e. The van der Waals surface area contributed by atoms with Crippen molar-refractivity contribution in [2.24, 2.45) is 0 Å². The SMILES string of the molecule is Cc1ccc2occ(/C=C/C(=O)Nc3ccc(N4CCCCC4)cc3)c(=O)c2c1. The summed E-state index contributed by atoms with van der Waals surface area (Å²) in [7, 11) is 0. The van der Waals surface area contributed by atoms with Crippen LogP contribution in [0.4, 0.5) is 11.4 Å². The van der Waals surface area contributed by atoms with Crippen molar-refractivity contribution in [2.75, 3.05) is 23.3 Å². The molecular weight excluding hydrogens is 364 g/mol. The van der Waals surface area contributed by atoms with E-state index in [1.54, 1.807) is 12.1 Å². The molecule has 1 aliphatic heterocycles. The summed E-state index contributed by atoms with van der Waals surface area (Å²) in [5, 5.41) is 3.35. The van der Waals surface area contributed by atoms with E-state index in [4.69, 9.17) is 4.42 Å². The van der Waals surface area contributed by atoms with Gasteiger partial charge in [0.15, 0.2) is 5.43 Å². The summed E-state index contributed by atoms with van der Waals surface area (Å²) in [6.45, 7) is 4.09. The third kappa shape index (κ3) is 4.40. The lowest BCUT2D eigenvalue weighted by Gasteiger charge is -2.28. The van der Waals surface area contributed by atoms with E-state index >= 15 is 0 Å². The molecule has 1 N–H and O–H groups in total. The monoisotopic (exact) mass is 388 g/mol. The summed E-state index contributed by atoms with van der Waals surface area (Å²) in [6.07, 6.45) is 7.98. The highest BCUT2D eigenvalue weighted by atomic mass is 16.3. The topological polar surface area (TPSA) is 62.6 Å². The Morgan fingerprint density at radius 3 is 2.59 bits per heavy atom. The van der Waals surface area contributed by atoms with Crippen molar-refractivity contribution in [3.05, 3.63) is 76.2 Å². The second-order valence-electron chi connectivity index (χ2n) is 7.44. The first-order valence-corrected chi connectivity index (χ1v) is 9.96. The van der Waals surface area contributed by atoms with E-state index in [0.717, 1.165) is 24.3 Å². The molecule has 5 nitrogen and oxygen atoms in total. The van der Waals surface area contributed by atoms with Crippen LogP contribution in [0.2, 0.25) is 0 Å². The van der Waals surface area contributed by atoms with Crippen LogP contribution in [0.15, 0.2) is 64.0 Å². The molecule has 0 unspecified atom stereocenters. The summed E-state index contributed by atoms with van der Waals surface area (Å²) in [5.41, 5.74) is 3.63. The molecule has 2 heterocycles. The van der Waals surface area contributed by atoms with Gasteiger partial charge >= 0.3 is 0 Å². The number of carbonyl (C=O) groups is 1. The molecule has 0 radical (unpaired) electrons. The maximum Gasteiger partial charge on any atom is 0.248 e. The van der Waals surface area contributed by atoms with E-state index < -0.39 is 0 Å². The second-order valence-corrected chi connectivity index (χ2v) is 7.44. The molecule has 0 atom stereocenters. The molecule has 1 aromatic heterocycles. The summed E-state index contributed by atoms with van der Waals surface area (Å²) in [4.78, 5) is 27.2. The van der Waals surface area contributed by atoms with Crippen molar-refractivity contribution in [2.45, 2.75) is 26.2 Å². The van der Waals surface area contributed by atoms with E-state index in [9.17, 15) is 9.59 Å². The number of aryl methyl sites for hydroxylation is 1. The average Bonchev–Trinajstić information content (AvgIpc) is 2.75. The molecular formula is C24H24N2O3. The highest BCUT2D eigenvalue weighted by Gasteiger charge is 2.11. The maximum absolute atomic E-state index is 12.6. The van der Waals surface area contributed by atoms with Crippen LogP contribution in [0.5, 0.6) is 0 Å². The number of hydrogen-bond acceptors (Lipinski definition) is 4. The molecule has 3 aromatic rings. The molecule has 1 amide bonds. The zero-order valence-electron chi connectivity index (χ0n) is 16.5. The van der Waals surface area contributed by atoms with Crippen LogP contribution < -0.4 is 15.6 Å². The minimum atomic E-state index is -0.292. The molecule has 148 valence electrons. The van der Waals surface area contributed by atoms with E-state index in [1.165, 1.54) is 43.4 Å². The Balaban J connectivity index is 1.44. The lowest BCUT2D eigenvalue weighted by molar-refractivity contribution is -0.111. The summed E-state index contributed by atoms with van der Waals surface area (Å²) >= 11 is 0. The highest BCUT2D eigenvalue weighted by Crippen LogP contribution is 2.22. The Morgan fingerprint density at radius 2 is 1.83 bits per heavy atom. The van der Waals surface area contributed by atoms with Crippen LogP contribution in [-0.4, -0.2) is 19.0 Å². The fraction of sp³-hybridized carbons (Fsp3) is 0.250. The van der Waals surface area contributed by atoms with E-state index in [-0.39, 0.29) is 11.3 Å². The molecule has 5 heteroatoms. The second kappa shape index (κ2) is 8.35. The molecule has 1 aliphatic rings. The molecule has 2 aromatic carbocycles. The van der Waals surface area contributed by atoms with Gasteiger partial charge in [0, 0.05) is 30.5 Å². The molecule has 1 saturated heterocycles. The Labute approximate surface area is 169 Å². The minimum absolute atomic E-state index is 0.148. The Hall–Kier alpha value is -3.34. The van der Waals surface area contributed by atoms with Crippen LogP contribution >= 0.6 is 0 Å². The Kier molecular flexibility index (Phi) is 5.47. The largest absolute Gasteiger partial charge is 0.463 e. The van der Waals surface area contributed by atoms with Crippen molar-refractivity contribution in [3.63, 3.8) is 0 Å². The molecule has 1 fully saturated rings. The van der Waals surface area contributed by atoms with Gasteiger partial charge in [-0.1, -0.05) is 11.6 Å². The molecule has 0 aliphatic carbocycles. The predicted octanol–water partition coefficient (Wildman–Crippen LogP) is 4.74. The zero-order chi connectivity index (χ0) is 20.2. The number of fused-ring (bicyclic) bond motifs is 1. The molecule has 0 spiro atoms. The van der Waals surface area contributed by atoms with Gasteiger partial charge in [-0.3, -0.25) is 9.59 Å². The highest BCUT2D eigenvalue weighted by molar-refractivity contribution is 6.02. The van der Waals surface area contributed by atoms with Gasteiger partial charge < -0.3 is 14.6 Å². The predicted molar refractivity (Wildman–Crippen MR) is 117 cm³/mol. The van der Waals surface area contributed by atoms with Gasteiger partial charge in [0.05, 0.1) is 10.9 Å². The number of rotatable bonds is 4. The number of amides is 1. The van der Waals surface area contributed by atoms with Crippen LogP contribution in [0.25, 0.3) is 17.0 Å². The first kappa shape index (κ1) is 19.0. The van der Waals surface area contributed by atoms with Gasteiger partial charge in [0.25, 0.3) is 0 Å². The molecule has 0 saturated carbocycles. The number of nitrogens with one attached hydrogen (secondary N) is 1. The Morgan fingerprint density at radius 1 is 1.07 bits per heavy atom. The van der Waals surface area contributed by atoms with Crippen molar-refractivity contribution in [1.29, 1.82) is 0 Å². The van der Waals surface area contributed by atoms with Crippen molar-refractivity contribution < 1.29 is 9.21 Å². The summed E-state index contributed by atoms with van der Waals surface area (Å²) < 4.78 is 5.51. The lowest BCUT2D eigenvalue weighted by Crippen LogP contribution is -2.29. The minimum Gasteiger partial charge on any atom is -0.463 e. The van der Waals surface area contributed by atoms with E-state index in [1.807, 2.05) is 37.3 Å². The quantitative estimate of drug-likeness (QED) is 0.656. The zero-order valence-corrected chi connectivity index (χ0v) is 16.5. The summed E-state index contributed by atoms with van der Waals surface area (Å²) in [5.74, 6) is -0.292. The molecule has 0 bridgehead atoms. The fourth-order valence-electron chi connectivity index (χ4n) is 3.63. The van der Waals surface area contributed by atoms with Crippen LogP contribution in [0.1, 0.15) is 30.4 Å². The van der Waals surface area contributed by atoms with E-state index in [2.05, 4.69) is 10.2 Å². The first-order chi connectivity index (χ1) is 14.1. The van der Waals surface area contributed by atoms with Gasteiger partial charge in [-0.15, -0.1) is 0 Å². The number of piperidine rings is 1. The fourth-order valence-corrected chi connectivity index (χ4v) is 3.63. The molecule has 4 rings (SSSR count). The van der Waals surface area contributed by atoms with Crippen LogP contribution in [0.3, 0.4) is 0 Å². The first-order valence-electron chi connectivity index (χ1n) is 9.96. The number of anilines is 2. The molecule has 29 heavy (non-hydrogen) atoms. The Bertz CT molecular complexity index is 1110. The lowest BCUT2D eigenvalue weighted by atomic mass is 10.1. The maximum atomic E-state index is 12.6. The van der Waals surface area contributed by atoms with Crippen LogP contribution in [0, 0.1) is 6.92 Å². The van der Waals surface area contributed by atoms with Gasteiger partial charge in [0.2, 0.25) is 5.91 Å². The third-order valence-corrected chi connectivity index (χ3v) is 5.23. The van der Waals surface area contributed by atoms with Gasteiger partial charge in [-0.05, 0) is 68.7 Å². The summed E-state index contributed by atoms with van der Waals surface area (Å²) in [6, 6.07) is 13.3. The standard InChI is InChI=1S/C24H24N2O3/c1-17-5-11-22-21(15-17)24(28)18(16-29-22)6-12-23(27)25-19-7-9-20(10-8-19)26-13-3-2-4-14-26/h5-12,15-16H,2-4,13-14H2,1H3,(H,25,27)/b12-6+. The number of carbonyl (C=O) groups excluding carboxylic acids is 1. The van der Waals surface area contributed by atoms with E-state index in [0.29, 0.717) is 16.5 Å². The van der Waals surface area contributed by atoms with Crippen molar-refractivity contribution in [1.82, 2.24) is 0 Å². The van der Waals surface area contributed by atoms with Crippen molar-refractivity contribution in [3.8, 4) is 0 Å². The van der Waals surface area contributed by atoms with Crippen LogP contribution in [-0.2, 0) is 4.79 Å². The van der Waals surface area contributed by atoms with Crippen molar-refractivity contribution >= 4 is 34.3 Å². The average molecular weight is 388 g/mol.